The molecule has 2 aromatic rings. The second-order valence-electron chi connectivity index (χ2n) is 4.65. The first-order chi connectivity index (χ1) is 10.2. The SMILES string of the molecule is Cc1ccc(C(=O)O)cc1OCCCOc1ccccc1. The van der Waals surface area contributed by atoms with Crippen molar-refractivity contribution in [2.24, 2.45) is 0 Å². The first kappa shape index (κ1) is 14.9. The fourth-order valence-electron chi connectivity index (χ4n) is 1.84. The molecule has 0 amide bonds. The molecule has 4 heteroatoms. The van der Waals surface area contributed by atoms with Gasteiger partial charge < -0.3 is 14.6 Å². The summed E-state index contributed by atoms with van der Waals surface area (Å²) in [6.45, 7) is 2.93. The standard InChI is InChI=1S/C17H18O4/c1-13-8-9-14(17(18)19)12-16(13)21-11-5-10-20-15-6-3-2-4-7-15/h2-4,6-9,12H,5,10-11H2,1H3,(H,18,19). The minimum atomic E-state index is -0.952. The summed E-state index contributed by atoms with van der Waals surface area (Å²) in [5, 5.41) is 8.96. The average molecular weight is 286 g/mol. The van der Waals surface area contributed by atoms with Crippen LogP contribution in [-0.2, 0) is 0 Å². The zero-order valence-electron chi connectivity index (χ0n) is 11.9. The van der Waals surface area contributed by atoms with Gasteiger partial charge in [0.05, 0.1) is 18.8 Å². The predicted molar refractivity (Wildman–Crippen MR) is 80.2 cm³/mol. The molecule has 21 heavy (non-hydrogen) atoms. The molecule has 110 valence electrons. The van der Waals surface area contributed by atoms with Gasteiger partial charge in [-0.3, -0.25) is 0 Å². The van der Waals surface area contributed by atoms with Gasteiger partial charge >= 0.3 is 5.97 Å². The third-order valence-electron chi connectivity index (χ3n) is 2.99. The van der Waals surface area contributed by atoms with Gasteiger partial charge in [-0.05, 0) is 36.8 Å². The van der Waals surface area contributed by atoms with E-state index < -0.39 is 5.97 Å². The van der Waals surface area contributed by atoms with Crippen LogP contribution in [-0.4, -0.2) is 24.3 Å². The maximum atomic E-state index is 10.9. The van der Waals surface area contributed by atoms with Gasteiger partial charge in [0.2, 0.25) is 0 Å². The lowest BCUT2D eigenvalue weighted by Crippen LogP contribution is -2.06. The maximum absolute atomic E-state index is 10.9. The Morgan fingerprint density at radius 1 is 1.05 bits per heavy atom. The summed E-state index contributed by atoms with van der Waals surface area (Å²) in [4.78, 5) is 10.9. The van der Waals surface area contributed by atoms with Crippen molar-refractivity contribution < 1.29 is 19.4 Å². The third kappa shape index (κ3) is 4.53. The first-order valence-corrected chi connectivity index (χ1v) is 6.81. The summed E-state index contributed by atoms with van der Waals surface area (Å²) in [7, 11) is 0. The van der Waals surface area contributed by atoms with Gasteiger partial charge in [0.15, 0.2) is 0 Å². The molecular formula is C17H18O4. The topological polar surface area (TPSA) is 55.8 Å². The molecule has 0 saturated heterocycles. The maximum Gasteiger partial charge on any atom is 0.335 e. The Hall–Kier alpha value is -2.49. The van der Waals surface area contributed by atoms with E-state index in [9.17, 15) is 4.79 Å². The number of aryl methyl sites for hydroxylation is 1. The van der Waals surface area contributed by atoms with E-state index in [1.807, 2.05) is 37.3 Å². The Morgan fingerprint density at radius 2 is 1.76 bits per heavy atom. The van der Waals surface area contributed by atoms with Crippen molar-refractivity contribution in [2.75, 3.05) is 13.2 Å². The quantitative estimate of drug-likeness (QED) is 0.791. The number of carbonyl (C=O) groups is 1. The van der Waals surface area contributed by atoms with Crippen molar-refractivity contribution in [2.45, 2.75) is 13.3 Å². The molecule has 0 aromatic heterocycles. The highest BCUT2D eigenvalue weighted by molar-refractivity contribution is 5.88. The molecule has 0 spiro atoms. The third-order valence-corrected chi connectivity index (χ3v) is 2.99. The fourth-order valence-corrected chi connectivity index (χ4v) is 1.84. The van der Waals surface area contributed by atoms with Crippen molar-refractivity contribution in [3.8, 4) is 11.5 Å². The molecule has 4 nitrogen and oxygen atoms in total. The van der Waals surface area contributed by atoms with Crippen molar-refractivity contribution in [1.82, 2.24) is 0 Å². The van der Waals surface area contributed by atoms with Crippen LogP contribution in [0.4, 0.5) is 0 Å². The predicted octanol–water partition coefficient (Wildman–Crippen LogP) is 3.54. The lowest BCUT2D eigenvalue weighted by atomic mass is 10.1. The Kier molecular flexibility index (Phi) is 5.21. The van der Waals surface area contributed by atoms with Crippen LogP contribution in [0.2, 0.25) is 0 Å². The van der Waals surface area contributed by atoms with Gasteiger partial charge in [0, 0.05) is 6.42 Å². The van der Waals surface area contributed by atoms with Crippen LogP contribution in [0.1, 0.15) is 22.3 Å². The number of rotatable bonds is 7. The van der Waals surface area contributed by atoms with E-state index in [2.05, 4.69) is 0 Å². The minimum Gasteiger partial charge on any atom is -0.493 e. The molecule has 0 radical (unpaired) electrons. The van der Waals surface area contributed by atoms with E-state index in [1.165, 1.54) is 0 Å². The fraction of sp³-hybridized carbons (Fsp3) is 0.235. The van der Waals surface area contributed by atoms with Crippen molar-refractivity contribution in [1.29, 1.82) is 0 Å². The van der Waals surface area contributed by atoms with Gasteiger partial charge in [-0.15, -0.1) is 0 Å². The summed E-state index contributed by atoms with van der Waals surface area (Å²) < 4.78 is 11.2. The van der Waals surface area contributed by atoms with Crippen molar-refractivity contribution in [3.05, 3.63) is 59.7 Å². The minimum absolute atomic E-state index is 0.233. The number of para-hydroxylation sites is 1. The van der Waals surface area contributed by atoms with E-state index in [1.54, 1.807) is 18.2 Å². The molecule has 2 rings (SSSR count). The highest BCUT2D eigenvalue weighted by Gasteiger charge is 2.06. The monoisotopic (exact) mass is 286 g/mol. The molecule has 0 aliphatic heterocycles. The number of hydrogen-bond donors (Lipinski definition) is 1. The number of ether oxygens (including phenoxy) is 2. The largest absolute Gasteiger partial charge is 0.493 e. The summed E-state index contributed by atoms with van der Waals surface area (Å²) in [6, 6.07) is 14.5. The van der Waals surface area contributed by atoms with Gasteiger partial charge in [-0.1, -0.05) is 24.3 Å². The molecular weight excluding hydrogens is 268 g/mol. The van der Waals surface area contributed by atoms with Gasteiger partial charge in [-0.25, -0.2) is 4.79 Å². The normalized spacial score (nSPS) is 10.1. The van der Waals surface area contributed by atoms with Crippen LogP contribution in [0.15, 0.2) is 48.5 Å². The molecule has 1 N–H and O–H groups in total. The second-order valence-corrected chi connectivity index (χ2v) is 4.65. The molecule has 0 saturated carbocycles. The van der Waals surface area contributed by atoms with Crippen LogP contribution in [0.25, 0.3) is 0 Å². The van der Waals surface area contributed by atoms with E-state index in [-0.39, 0.29) is 5.56 Å². The molecule has 0 aliphatic carbocycles. The molecule has 0 atom stereocenters. The van der Waals surface area contributed by atoms with E-state index >= 15 is 0 Å². The number of benzene rings is 2. The van der Waals surface area contributed by atoms with Gasteiger partial charge in [0.25, 0.3) is 0 Å². The summed E-state index contributed by atoms with van der Waals surface area (Å²) in [6.07, 6.45) is 0.728. The van der Waals surface area contributed by atoms with Crippen LogP contribution in [0.3, 0.4) is 0 Å². The van der Waals surface area contributed by atoms with Gasteiger partial charge in [0.1, 0.15) is 11.5 Å². The Balaban J connectivity index is 1.78. The smallest absolute Gasteiger partial charge is 0.335 e. The molecule has 0 aliphatic rings. The molecule has 0 unspecified atom stereocenters. The average Bonchev–Trinajstić information content (AvgIpc) is 2.49. The highest BCUT2D eigenvalue weighted by Crippen LogP contribution is 2.20. The lowest BCUT2D eigenvalue weighted by molar-refractivity contribution is 0.0696. The summed E-state index contributed by atoms with van der Waals surface area (Å²) in [5.74, 6) is 0.489. The number of carboxylic acid groups (broad SMARTS) is 1. The van der Waals surface area contributed by atoms with E-state index in [0.29, 0.717) is 19.0 Å². The Labute approximate surface area is 123 Å². The van der Waals surface area contributed by atoms with Crippen LogP contribution in [0.5, 0.6) is 11.5 Å². The lowest BCUT2D eigenvalue weighted by Gasteiger charge is -2.10. The Morgan fingerprint density at radius 3 is 2.48 bits per heavy atom. The zero-order chi connectivity index (χ0) is 15.1. The first-order valence-electron chi connectivity index (χ1n) is 6.81. The Bertz CT molecular complexity index is 593. The van der Waals surface area contributed by atoms with Crippen molar-refractivity contribution >= 4 is 5.97 Å². The molecule has 0 fully saturated rings. The van der Waals surface area contributed by atoms with Crippen LogP contribution in [0, 0.1) is 6.92 Å². The van der Waals surface area contributed by atoms with E-state index in [4.69, 9.17) is 14.6 Å². The number of carboxylic acids is 1. The number of hydrogen-bond acceptors (Lipinski definition) is 3. The molecule has 0 bridgehead atoms. The molecule has 2 aromatic carbocycles. The van der Waals surface area contributed by atoms with Gasteiger partial charge in [-0.2, -0.15) is 0 Å². The second kappa shape index (κ2) is 7.33. The number of aromatic carboxylic acids is 1. The van der Waals surface area contributed by atoms with E-state index in [0.717, 1.165) is 17.7 Å². The van der Waals surface area contributed by atoms with Crippen LogP contribution < -0.4 is 9.47 Å². The summed E-state index contributed by atoms with van der Waals surface area (Å²) in [5.41, 5.74) is 1.15. The zero-order valence-corrected chi connectivity index (χ0v) is 11.9. The summed E-state index contributed by atoms with van der Waals surface area (Å²) >= 11 is 0. The molecule has 0 heterocycles. The van der Waals surface area contributed by atoms with Crippen LogP contribution >= 0.6 is 0 Å². The van der Waals surface area contributed by atoms with Crippen molar-refractivity contribution in [3.63, 3.8) is 0 Å². The highest BCUT2D eigenvalue weighted by atomic mass is 16.5.